The number of rotatable bonds is 4. The van der Waals surface area contributed by atoms with Crippen LogP contribution in [0, 0.1) is 5.92 Å². The second kappa shape index (κ2) is 6.72. The van der Waals surface area contributed by atoms with Crippen molar-refractivity contribution in [3.05, 3.63) is 35.4 Å². The minimum atomic E-state index is -0.666. The van der Waals surface area contributed by atoms with Gasteiger partial charge in [-0.1, -0.05) is 38.1 Å². The summed E-state index contributed by atoms with van der Waals surface area (Å²) in [5, 5.41) is 2.74. The second-order valence-electron chi connectivity index (χ2n) is 5.45. The highest BCUT2D eigenvalue weighted by molar-refractivity contribution is 5.88. The van der Waals surface area contributed by atoms with Gasteiger partial charge in [0.1, 0.15) is 6.04 Å². The molecule has 1 aromatic carbocycles. The Morgan fingerprint density at radius 1 is 1.33 bits per heavy atom. The number of amides is 1. The average Bonchev–Trinajstić information content (AvgIpc) is 2.50. The van der Waals surface area contributed by atoms with E-state index in [2.05, 4.69) is 5.32 Å². The van der Waals surface area contributed by atoms with E-state index in [1.54, 1.807) is 0 Å². The predicted molar refractivity (Wildman–Crippen MR) is 77.6 cm³/mol. The molecule has 0 saturated heterocycles. The number of hydrogen-bond acceptors (Lipinski definition) is 4. The Labute approximate surface area is 124 Å². The van der Waals surface area contributed by atoms with Gasteiger partial charge in [0.25, 0.3) is 5.91 Å². The van der Waals surface area contributed by atoms with Crippen molar-refractivity contribution in [3.63, 3.8) is 0 Å². The molecule has 1 amide bonds. The molecule has 2 unspecified atom stereocenters. The summed E-state index contributed by atoms with van der Waals surface area (Å²) in [6, 6.07) is 7.05. The normalized spacial score (nSPS) is 18.8. The molecule has 0 aromatic heterocycles. The summed E-state index contributed by atoms with van der Waals surface area (Å²) in [5.41, 5.74) is 1.98. The molecule has 5 heteroatoms. The van der Waals surface area contributed by atoms with Crippen molar-refractivity contribution in [1.29, 1.82) is 0 Å². The number of ether oxygens (including phenoxy) is 2. The Bertz CT molecular complexity index is 527. The molecule has 1 heterocycles. The predicted octanol–water partition coefficient (Wildman–Crippen LogP) is 1.61. The van der Waals surface area contributed by atoms with E-state index in [9.17, 15) is 9.59 Å². The molecule has 0 aliphatic carbocycles. The first kappa shape index (κ1) is 15.5. The number of carbonyl (C=O) groups excluding carboxylic acids is 2. The molecule has 0 spiro atoms. The molecule has 5 nitrogen and oxygen atoms in total. The Kier molecular flexibility index (Phi) is 4.96. The summed E-state index contributed by atoms with van der Waals surface area (Å²) in [4.78, 5) is 24.2. The third-order valence-corrected chi connectivity index (χ3v) is 3.65. The Hall–Kier alpha value is -1.88. The van der Waals surface area contributed by atoms with E-state index in [1.807, 2.05) is 38.1 Å². The molecule has 114 valence electrons. The van der Waals surface area contributed by atoms with Crippen LogP contribution in [-0.2, 0) is 25.5 Å². The van der Waals surface area contributed by atoms with Gasteiger partial charge in [-0.25, -0.2) is 4.79 Å². The third kappa shape index (κ3) is 3.42. The van der Waals surface area contributed by atoms with E-state index in [0.717, 1.165) is 17.5 Å². The van der Waals surface area contributed by atoms with Crippen molar-refractivity contribution >= 4 is 11.9 Å². The second-order valence-corrected chi connectivity index (χ2v) is 5.45. The zero-order chi connectivity index (χ0) is 15.4. The lowest BCUT2D eigenvalue weighted by atomic mass is 9.96. The molecule has 2 atom stereocenters. The van der Waals surface area contributed by atoms with Crippen molar-refractivity contribution in [2.45, 2.75) is 32.4 Å². The molecular formula is C16H21NO4. The lowest BCUT2D eigenvalue weighted by Crippen LogP contribution is -2.47. The minimum Gasteiger partial charge on any atom is -0.467 e. The van der Waals surface area contributed by atoms with Crippen LogP contribution >= 0.6 is 0 Å². The monoisotopic (exact) mass is 291 g/mol. The largest absolute Gasteiger partial charge is 0.467 e. The van der Waals surface area contributed by atoms with Gasteiger partial charge in [-0.15, -0.1) is 0 Å². The molecule has 0 bridgehead atoms. The minimum absolute atomic E-state index is 0.0553. The number of fused-ring (bicyclic) bond motifs is 1. The summed E-state index contributed by atoms with van der Waals surface area (Å²) in [6.45, 7) is 4.22. The molecule has 0 saturated carbocycles. The Morgan fingerprint density at radius 2 is 2.05 bits per heavy atom. The lowest BCUT2D eigenvalue weighted by Gasteiger charge is -2.27. The summed E-state index contributed by atoms with van der Waals surface area (Å²) in [5.74, 6) is -0.797. The first-order chi connectivity index (χ1) is 10.0. The van der Waals surface area contributed by atoms with Crippen LogP contribution in [-0.4, -0.2) is 31.6 Å². The van der Waals surface area contributed by atoms with Gasteiger partial charge in [-0.05, 0) is 23.5 Å². The highest BCUT2D eigenvalue weighted by Gasteiger charge is 2.32. The van der Waals surface area contributed by atoms with Crippen molar-refractivity contribution in [2.75, 3.05) is 13.7 Å². The van der Waals surface area contributed by atoms with Crippen LogP contribution in [0.25, 0.3) is 0 Å². The van der Waals surface area contributed by atoms with Crippen molar-refractivity contribution in [3.8, 4) is 0 Å². The van der Waals surface area contributed by atoms with Crippen LogP contribution in [0.2, 0.25) is 0 Å². The number of hydrogen-bond donors (Lipinski definition) is 1. The fourth-order valence-corrected chi connectivity index (χ4v) is 2.46. The molecule has 0 fully saturated rings. The van der Waals surface area contributed by atoms with Gasteiger partial charge in [-0.2, -0.15) is 0 Å². The number of methoxy groups -OCH3 is 1. The quantitative estimate of drug-likeness (QED) is 0.856. The fraction of sp³-hybridized carbons (Fsp3) is 0.500. The van der Waals surface area contributed by atoms with E-state index in [-0.39, 0.29) is 11.8 Å². The van der Waals surface area contributed by atoms with Crippen LogP contribution in [0.1, 0.15) is 31.1 Å². The van der Waals surface area contributed by atoms with Crippen LogP contribution in [0.5, 0.6) is 0 Å². The van der Waals surface area contributed by atoms with E-state index in [1.165, 1.54) is 7.11 Å². The molecule has 1 aromatic rings. The maximum Gasteiger partial charge on any atom is 0.328 e. The summed E-state index contributed by atoms with van der Waals surface area (Å²) in [6.07, 6.45) is 0.130. The topological polar surface area (TPSA) is 64.6 Å². The van der Waals surface area contributed by atoms with Gasteiger partial charge < -0.3 is 14.8 Å². The molecule has 2 rings (SSSR count). The van der Waals surface area contributed by atoms with Crippen molar-refractivity contribution in [1.82, 2.24) is 5.32 Å². The van der Waals surface area contributed by atoms with Crippen molar-refractivity contribution < 1.29 is 19.1 Å². The van der Waals surface area contributed by atoms with E-state index >= 15 is 0 Å². The van der Waals surface area contributed by atoms with E-state index < -0.39 is 18.1 Å². The summed E-state index contributed by atoms with van der Waals surface area (Å²) < 4.78 is 10.3. The first-order valence-electron chi connectivity index (χ1n) is 7.12. The van der Waals surface area contributed by atoms with Gasteiger partial charge >= 0.3 is 5.97 Å². The van der Waals surface area contributed by atoms with E-state index in [4.69, 9.17) is 9.47 Å². The number of carbonyl (C=O) groups is 2. The number of esters is 1. The average molecular weight is 291 g/mol. The van der Waals surface area contributed by atoms with Crippen LogP contribution in [0.3, 0.4) is 0 Å². The van der Waals surface area contributed by atoms with Gasteiger partial charge in [0.15, 0.2) is 6.10 Å². The molecule has 1 N–H and O–H groups in total. The smallest absolute Gasteiger partial charge is 0.328 e. The third-order valence-electron chi connectivity index (χ3n) is 3.65. The van der Waals surface area contributed by atoms with Crippen LogP contribution in [0.15, 0.2) is 24.3 Å². The maximum absolute atomic E-state index is 12.5. The molecule has 21 heavy (non-hydrogen) atoms. The van der Waals surface area contributed by atoms with Crippen molar-refractivity contribution in [2.24, 2.45) is 5.92 Å². The van der Waals surface area contributed by atoms with Gasteiger partial charge in [0.2, 0.25) is 0 Å². The van der Waals surface area contributed by atoms with Gasteiger partial charge in [-0.3, -0.25) is 4.79 Å². The number of benzene rings is 1. The zero-order valence-corrected chi connectivity index (χ0v) is 12.6. The molecular weight excluding hydrogens is 270 g/mol. The summed E-state index contributed by atoms with van der Waals surface area (Å²) >= 11 is 0. The van der Waals surface area contributed by atoms with Crippen LogP contribution < -0.4 is 5.32 Å². The SMILES string of the molecule is COC(=O)C(NC(=O)C1OCCc2ccccc21)C(C)C. The highest BCUT2D eigenvalue weighted by Crippen LogP contribution is 2.27. The van der Waals surface area contributed by atoms with E-state index in [0.29, 0.717) is 6.61 Å². The fourth-order valence-electron chi connectivity index (χ4n) is 2.46. The molecule has 1 aliphatic rings. The summed E-state index contributed by atoms with van der Waals surface area (Å²) in [7, 11) is 1.32. The standard InChI is InChI=1S/C16H21NO4/c1-10(2)13(16(19)20-3)17-15(18)14-12-7-5-4-6-11(12)8-9-21-14/h4-7,10,13-14H,8-9H2,1-3H3,(H,17,18). The lowest BCUT2D eigenvalue weighted by molar-refractivity contribution is -0.148. The highest BCUT2D eigenvalue weighted by atomic mass is 16.5. The Morgan fingerprint density at radius 3 is 2.71 bits per heavy atom. The van der Waals surface area contributed by atoms with Gasteiger partial charge in [0.05, 0.1) is 13.7 Å². The van der Waals surface area contributed by atoms with Gasteiger partial charge in [0, 0.05) is 0 Å². The molecule has 1 aliphatic heterocycles. The maximum atomic E-state index is 12.5. The first-order valence-corrected chi connectivity index (χ1v) is 7.12. The Balaban J connectivity index is 2.16. The number of nitrogens with one attached hydrogen (secondary N) is 1. The van der Waals surface area contributed by atoms with Crippen LogP contribution in [0.4, 0.5) is 0 Å². The molecule has 0 radical (unpaired) electrons. The zero-order valence-electron chi connectivity index (χ0n) is 12.6.